The highest BCUT2D eigenvalue weighted by atomic mass is 32.2. The molecule has 0 radical (unpaired) electrons. The highest BCUT2D eigenvalue weighted by Gasteiger charge is 2.28. The third-order valence-electron chi connectivity index (χ3n) is 3.16. The minimum absolute atomic E-state index is 0.0973. The smallest absolute Gasteiger partial charge is 0.212 e. The van der Waals surface area contributed by atoms with Gasteiger partial charge in [0.25, 0.3) is 0 Å². The van der Waals surface area contributed by atoms with Crippen molar-refractivity contribution < 1.29 is 8.42 Å². The lowest BCUT2D eigenvalue weighted by atomic mass is 10.1. The zero-order valence-corrected chi connectivity index (χ0v) is 11.2. The van der Waals surface area contributed by atoms with E-state index in [2.05, 4.69) is 0 Å². The summed E-state index contributed by atoms with van der Waals surface area (Å²) in [7, 11) is -1.71. The van der Waals surface area contributed by atoms with Crippen molar-refractivity contribution >= 4 is 10.0 Å². The molecule has 0 amide bonds. The fourth-order valence-electron chi connectivity index (χ4n) is 1.84. The summed E-state index contributed by atoms with van der Waals surface area (Å²) < 4.78 is 25.7. The number of sulfonamides is 1. The Bertz CT molecular complexity index is 571. The molecule has 1 aromatic rings. The third-order valence-corrected chi connectivity index (χ3v) is 4.94. The van der Waals surface area contributed by atoms with Gasteiger partial charge in [-0.25, -0.2) is 12.7 Å². The van der Waals surface area contributed by atoms with Crippen LogP contribution in [0.1, 0.15) is 24.0 Å². The van der Waals surface area contributed by atoms with Crippen LogP contribution in [0.15, 0.2) is 24.3 Å². The molecule has 0 unspecified atom stereocenters. The lowest BCUT2D eigenvalue weighted by molar-refractivity contribution is 0.452. The van der Waals surface area contributed by atoms with Gasteiger partial charge < -0.3 is 0 Å². The van der Waals surface area contributed by atoms with E-state index in [1.165, 1.54) is 4.31 Å². The van der Waals surface area contributed by atoms with Crippen molar-refractivity contribution in [1.29, 1.82) is 5.26 Å². The molecule has 0 aliphatic heterocycles. The summed E-state index contributed by atoms with van der Waals surface area (Å²) in [6, 6.07) is 8.86. The monoisotopic (exact) mass is 264 g/mol. The van der Waals surface area contributed by atoms with E-state index in [-0.39, 0.29) is 5.75 Å². The minimum atomic E-state index is -3.32. The molecular formula is C13H16N2O2S. The fourth-order valence-corrected chi connectivity index (χ4v) is 3.14. The van der Waals surface area contributed by atoms with Gasteiger partial charge in [-0.1, -0.05) is 18.2 Å². The number of benzene rings is 1. The van der Waals surface area contributed by atoms with Crippen LogP contribution < -0.4 is 0 Å². The summed E-state index contributed by atoms with van der Waals surface area (Å²) in [4.78, 5) is 0. The molecule has 96 valence electrons. The highest BCUT2D eigenvalue weighted by molar-refractivity contribution is 7.88. The van der Waals surface area contributed by atoms with Crippen molar-refractivity contribution in [2.75, 3.05) is 13.6 Å². The second-order valence-electron chi connectivity index (χ2n) is 4.75. The molecule has 5 heteroatoms. The van der Waals surface area contributed by atoms with Crippen molar-refractivity contribution in [3.63, 3.8) is 0 Å². The van der Waals surface area contributed by atoms with E-state index in [0.717, 1.165) is 12.8 Å². The van der Waals surface area contributed by atoms with Gasteiger partial charge in [0.15, 0.2) is 0 Å². The van der Waals surface area contributed by atoms with Crippen LogP contribution in [0, 0.1) is 17.2 Å². The largest absolute Gasteiger partial charge is 0.218 e. The van der Waals surface area contributed by atoms with Crippen LogP contribution in [0.4, 0.5) is 0 Å². The molecule has 4 nitrogen and oxygen atoms in total. The molecular weight excluding hydrogens is 248 g/mol. The molecule has 2 rings (SSSR count). The molecule has 0 aromatic heterocycles. The van der Waals surface area contributed by atoms with Gasteiger partial charge in [-0.2, -0.15) is 5.26 Å². The van der Waals surface area contributed by atoms with Gasteiger partial charge in [0.2, 0.25) is 10.0 Å². The average Bonchev–Trinajstić information content (AvgIpc) is 3.13. The van der Waals surface area contributed by atoms with Crippen LogP contribution in [-0.4, -0.2) is 26.3 Å². The summed E-state index contributed by atoms with van der Waals surface area (Å²) in [6.45, 7) is 0.594. The van der Waals surface area contributed by atoms with Gasteiger partial charge in [-0.15, -0.1) is 0 Å². The summed E-state index contributed by atoms with van der Waals surface area (Å²) in [6.07, 6.45) is 2.24. The predicted octanol–water partition coefficient (Wildman–Crippen LogP) is 1.73. The topological polar surface area (TPSA) is 61.2 Å². The van der Waals surface area contributed by atoms with E-state index in [4.69, 9.17) is 5.26 Å². The van der Waals surface area contributed by atoms with Crippen LogP contribution in [0.2, 0.25) is 0 Å². The molecule has 1 aromatic carbocycles. The molecule has 0 heterocycles. The lowest BCUT2D eigenvalue weighted by Crippen LogP contribution is -2.30. The van der Waals surface area contributed by atoms with Crippen molar-refractivity contribution in [3.8, 4) is 6.07 Å². The van der Waals surface area contributed by atoms with Gasteiger partial charge in [0, 0.05) is 13.6 Å². The Morgan fingerprint density at radius 3 is 2.67 bits per heavy atom. The second-order valence-corrected chi connectivity index (χ2v) is 6.82. The Balaban J connectivity index is 2.14. The van der Waals surface area contributed by atoms with Gasteiger partial charge >= 0.3 is 0 Å². The van der Waals surface area contributed by atoms with E-state index in [9.17, 15) is 8.42 Å². The molecule has 0 saturated heterocycles. The normalized spacial score (nSPS) is 15.6. The maximum Gasteiger partial charge on any atom is 0.218 e. The summed E-state index contributed by atoms with van der Waals surface area (Å²) in [5.74, 6) is 0.427. The van der Waals surface area contributed by atoms with Crippen molar-refractivity contribution in [1.82, 2.24) is 4.31 Å². The van der Waals surface area contributed by atoms with Crippen LogP contribution in [0.3, 0.4) is 0 Å². The van der Waals surface area contributed by atoms with Crippen LogP contribution in [-0.2, 0) is 15.8 Å². The quantitative estimate of drug-likeness (QED) is 0.813. The maximum absolute atomic E-state index is 12.1. The molecule has 1 fully saturated rings. The first kappa shape index (κ1) is 13.1. The number of nitriles is 1. The van der Waals surface area contributed by atoms with E-state index in [1.54, 1.807) is 31.3 Å². The zero-order valence-electron chi connectivity index (χ0n) is 10.3. The molecule has 0 N–H and O–H groups in total. The Hall–Kier alpha value is -1.38. The zero-order chi connectivity index (χ0) is 13.2. The Morgan fingerprint density at radius 1 is 1.39 bits per heavy atom. The Morgan fingerprint density at radius 2 is 2.06 bits per heavy atom. The van der Waals surface area contributed by atoms with Crippen molar-refractivity contribution in [2.24, 2.45) is 5.92 Å². The highest BCUT2D eigenvalue weighted by Crippen LogP contribution is 2.30. The van der Waals surface area contributed by atoms with E-state index < -0.39 is 10.0 Å². The summed E-state index contributed by atoms with van der Waals surface area (Å²) >= 11 is 0. The number of rotatable bonds is 5. The van der Waals surface area contributed by atoms with Gasteiger partial charge in [-0.3, -0.25) is 0 Å². The van der Waals surface area contributed by atoms with E-state index in [0.29, 0.717) is 23.6 Å². The Labute approximate surface area is 108 Å². The lowest BCUT2D eigenvalue weighted by Gasteiger charge is -2.17. The van der Waals surface area contributed by atoms with Crippen molar-refractivity contribution in [3.05, 3.63) is 35.4 Å². The van der Waals surface area contributed by atoms with Crippen LogP contribution >= 0.6 is 0 Å². The molecule has 1 aliphatic carbocycles. The summed E-state index contributed by atoms with van der Waals surface area (Å²) in [5, 5.41) is 8.95. The molecule has 0 atom stereocenters. The summed E-state index contributed by atoms with van der Waals surface area (Å²) in [5.41, 5.74) is 1.00. The SMILES string of the molecule is CN(CC1CC1)S(=O)(=O)Cc1ccccc1C#N. The molecule has 1 saturated carbocycles. The predicted molar refractivity (Wildman–Crippen MR) is 69.1 cm³/mol. The van der Waals surface area contributed by atoms with Crippen LogP contribution in [0.25, 0.3) is 0 Å². The minimum Gasteiger partial charge on any atom is -0.212 e. The number of hydrogen-bond donors (Lipinski definition) is 0. The Kier molecular flexibility index (Phi) is 3.69. The number of hydrogen-bond acceptors (Lipinski definition) is 3. The molecule has 0 bridgehead atoms. The fraction of sp³-hybridized carbons (Fsp3) is 0.462. The van der Waals surface area contributed by atoms with Gasteiger partial charge in [-0.05, 0) is 30.4 Å². The maximum atomic E-state index is 12.1. The van der Waals surface area contributed by atoms with Crippen molar-refractivity contribution in [2.45, 2.75) is 18.6 Å². The molecule has 18 heavy (non-hydrogen) atoms. The van der Waals surface area contributed by atoms with E-state index >= 15 is 0 Å². The standard InChI is InChI=1S/C13H16N2O2S/c1-15(9-11-6-7-11)18(16,17)10-13-5-3-2-4-12(13)8-14/h2-5,11H,6-7,9-10H2,1H3. The second kappa shape index (κ2) is 5.09. The number of nitrogens with zero attached hydrogens (tertiary/aromatic N) is 2. The van der Waals surface area contributed by atoms with Gasteiger partial charge in [0.1, 0.15) is 0 Å². The molecule has 0 spiro atoms. The first-order valence-electron chi connectivity index (χ1n) is 5.95. The first-order chi connectivity index (χ1) is 8.53. The van der Waals surface area contributed by atoms with E-state index in [1.807, 2.05) is 6.07 Å². The third kappa shape index (κ3) is 3.09. The van der Waals surface area contributed by atoms with Crippen LogP contribution in [0.5, 0.6) is 0 Å². The molecule has 1 aliphatic rings. The first-order valence-corrected chi connectivity index (χ1v) is 7.56. The van der Waals surface area contributed by atoms with Gasteiger partial charge in [0.05, 0.1) is 17.4 Å². The average molecular weight is 264 g/mol.